The van der Waals surface area contributed by atoms with Crippen molar-refractivity contribution < 1.29 is 0 Å². The summed E-state index contributed by atoms with van der Waals surface area (Å²) in [6.07, 6.45) is 5.59. The highest BCUT2D eigenvalue weighted by Gasteiger charge is 2.35. The first-order valence-electron chi connectivity index (χ1n) is 6.28. The second-order valence-corrected chi connectivity index (χ2v) is 4.96. The van der Waals surface area contributed by atoms with Gasteiger partial charge in [0.25, 0.3) is 0 Å². The Balaban J connectivity index is 2.26. The van der Waals surface area contributed by atoms with Crippen molar-refractivity contribution in [1.29, 1.82) is 5.26 Å². The summed E-state index contributed by atoms with van der Waals surface area (Å²) in [6, 6.07) is 2.94. The molecule has 1 aromatic heterocycles. The van der Waals surface area contributed by atoms with Gasteiger partial charge in [0.1, 0.15) is 0 Å². The lowest BCUT2D eigenvalue weighted by atomic mass is 9.86. The topological polar surface area (TPSA) is 57.7 Å². The summed E-state index contributed by atoms with van der Waals surface area (Å²) in [6.45, 7) is 6.80. The van der Waals surface area contributed by atoms with Crippen molar-refractivity contribution >= 4 is 0 Å². The number of likely N-dealkylation sites (tertiary alicyclic amines) is 1. The predicted octanol–water partition coefficient (Wildman–Crippen LogP) is 1.67. The third kappa shape index (κ3) is 2.44. The number of piperidine rings is 1. The molecule has 3 atom stereocenters. The molecule has 0 aliphatic carbocycles. The molecule has 5 nitrogen and oxygen atoms in total. The number of aryl methyl sites for hydroxylation is 1. The zero-order valence-electron chi connectivity index (χ0n) is 11.0. The van der Waals surface area contributed by atoms with Crippen LogP contribution in [0, 0.1) is 17.2 Å². The Morgan fingerprint density at radius 2 is 2.39 bits per heavy atom. The molecule has 0 radical (unpaired) electrons. The Morgan fingerprint density at radius 3 is 2.94 bits per heavy atom. The van der Waals surface area contributed by atoms with Gasteiger partial charge in [-0.05, 0) is 19.8 Å². The predicted molar refractivity (Wildman–Crippen MR) is 68.4 cm³/mol. The molecule has 1 aliphatic heterocycles. The molecule has 0 aromatic carbocycles. The van der Waals surface area contributed by atoms with Gasteiger partial charge in [-0.15, -0.1) is 11.7 Å². The zero-order chi connectivity index (χ0) is 13.1. The second-order valence-electron chi connectivity index (χ2n) is 4.96. The van der Waals surface area contributed by atoms with Crippen LogP contribution >= 0.6 is 0 Å². The minimum Gasteiger partial charge on any atom is -0.288 e. The fourth-order valence-corrected chi connectivity index (χ4v) is 2.73. The summed E-state index contributed by atoms with van der Waals surface area (Å²) in [4.78, 5) is 2.35. The summed E-state index contributed by atoms with van der Waals surface area (Å²) < 4.78 is 1.71. The molecule has 18 heavy (non-hydrogen) atoms. The number of nitriles is 1. The first-order chi connectivity index (χ1) is 8.65. The Morgan fingerprint density at radius 1 is 1.61 bits per heavy atom. The minimum atomic E-state index is 0.105. The Labute approximate surface area is 108 Å². The lowest BCUT2D eigenvalue weighted by Gasteiger charge is -2.40. The van der Waals surface area contributed by atoms with Crippen molar-refractivity contribution in [2.24, 2.45) is 13.0 Å². The highest BCUT2D eigenvalue weighted by molar-refractivity contribution is 5.08. The molecule has 1 aliphatic rings. The van der Waals surface area contributed by atoms with Crippen molar-refractivity contribution in [1.82, 2.24) is 19.9 Å². The lowest BCUT2D eigenvalue weighted by molar-refractivity contribution is 0.0852. The van der Waals surface area contributed by atoms with Crippen LogP contribution in [0.5, 0.6) is 0 Å². The monoisotopic (exact) mass is 245 g/mol. The van der Waals surface area contributed by atoms with Crippen LogP contribution in [0.4, 0.5) is 0 Å². The van der Waals surface area contributed by atoms with Crippen LogP contribution in [0.15, 0.2) is 18.9 Å². The average molecular weight is 245 g/mol. The highest BCUT2D eigenvalue weighted by Crippen LogP contribution is 2.36. The van der Waals surface area contributed by atoms with Gasteiger partial charge in [0.05, 0.1) is 17.8 Å². The Kier molecular flexibility index (Phi) is 3.78. The second kappa shape index (κ2) is 5.32. The largest absolute Gasteiger partial charge is 0.288 e. The number of rotatable bonds is 3. The average Bonchev–Trinajstić information content (AvgIpc) is 2.78. The van der Waals surface area contributed by atoms with Crippen LogP contribution in [0.25, 0.3) is 0 Å². The van der Waals surface area contributed by atoms with E-state index in [1.54, 1.807) is 4.68 Å². The molecule has 0 saturated carbocycles. The first-order valence-corrected chi connectivity index (χ1v) is 6.28. The molecule has 1 aromatic rings. The van der Waals surface area contributed by atoms with E-state index < -0.39 is 0 Å². The minimum absolute atomic E-state index is 0.105. The van der Waals surface area contributed by atoms with Gasteiger partial charge in [-0.3, -0.25) is 9.58 Å². The Bertz CT molecular complexity index is 458. The smallest absolute Gasteiger partial charge is 0.0999 e. The van der Waals surface area contributed by atoms with E-state index in [0.717, 1.165) is 25.1 Å². The van der Waals surface area contributed by atoms with Crippen molar-refractivity contribution in [2.75, 3.05) is 6.54 Å². The van der Waals surface area contributed by atoms with Gasteiger partial charge in [-0.25, -0.2) is 0 Å². The molecule has 1 fully saturated rings. The molecule has 96 valence electrons. The maximum Gasteiger partial charge on any atom is 0.0999 e. The third-order valence-electron chi connectivity index (χ3n) is 3.58. The van der Waals surface area contributed by atoms with Crippen molar-refractivity contribution in [2.45, 2.75) is 31.8 Å². The maximum absolute atomic E-state index is 9.16. The number of nitrogens with zero attached hydrogens (tertiary/aromatic N) is 5. The molecule has 0 N–H and O–H groups in total. The molecule has 0 spiro atoms. The van der Waals surface area contributed by atoms with E-state index >= 15 is 0 Å². The number of aromatic nitrogens is 3. The van der Waals surface area contributed by atoms with Crippen molar-refractivity contribution in [3.05, 3.63) is 24.5 Å². The molecular formula is C13H19N5. The molecule has 2 heterocycles. The van der Waals surface area contributed by atoms with E-state index in [-0.39, 0.29) is 12.0 Å². The van der Waals surface area contributed by atoms with Crippen LogP contribution < -0.4 is 0 Å². The molecule has 0 bridgehead atoms. The van der Waals surface area contributed by atoms with Gasteiger partial charge in [-0.1, -0.05) is 11.3 Å². The van der Waals surface area contributed by atoms with Gasteiger partial charge in [0.2, 0.25) is 0 Å². The van der Waals surface area contributed by atoms with E-state index in [1.165, 1.54) is 0 Å². The lowest BCUT2D eigenvalue weighted by Crippen LogP contribution is -2.43. The van der Waals surface area contributed by atoms with E-state index in [9.17, 15) is 0 Å². The van der Waals surface area contributed by atoms with Gasteiger partial charge in [0, 0.05) is 31.7 Å². The van der Waals surface area contributed by atoms with Crippen LogP contribution in [0.1, 0.15) is 31.5 Å². The molecular weight excluding hydrogens is 226 g/mol. The molecule has 0 amide bonds. The summed E-state index contributed by atoms with van der Waals surface area (Å²) in [7, 11) is 1.86. The number of hydrogen-bond donors (Lipinski definition) is 0. The van der Waals surface area contributed by atoms with Gasteiger partial charge < -0.3 is 0 Å². The van der Waals surface area contributed by atoms with Gasteiger partial charge in [0.15, 0.2) is 0 Å². The van der Waals surface area contributed by atoms with E-state index in [2.05, 4.69) is 34.8 Å². The normalized spacial score (nSPS) is 28.8. The quantitative estimate of drug-likeness (QED) is 0.760. The standard InChI is InChI=1S/C13H19N5/c1-4-5-18-10(2)6-11(8-14)7-13(18)12-9-17(3)16-15-12/h4,9-11,13H,1,5-7H2,2-3H3/t10-,11?,13-/m0/s1. The maximum atomic E-state index is 9.16. The Hall–Kier alpha value is -1.67. The van der Waals surface area contributed by atoms with Crippen LogP contribution in [0.3, 0.4) is 0 Å². The van der Waals surface area contributed by atoms with Crippen LogP contribution in [-0.2, 0) is 7.05 Å². The van der Waals surface area contributed by atoms with Gasteiger partial charge in [-0.2, -0.15) is 5.26 Å². The summed E-state index contributed by atoms with van der Waals surface area (Å²) in [5, 5.41) is 17.4. The fourth-order valence-electron chi connectivity index (χ4n) is 2.73. The van der Waals surface area contributed by atoms with E-state index in [4.69, 9.17) is 5.26 Å². The first kappa shape index (κ1) is 12.8. The van der Waals surface area contributed by atoms with Crippen molar-refractivity contribution in [3.8, 4) is 6.07 Å². The van der Waals surface area contributed by atoms with Crippen molar-refractivity contribution in [3.63, 3.8) is 0 Å². The highest BCUT2D eigenvalue weighted by atomic mass is 15.4. The zero-order valence-corrected chi connectivity index (χ0v) is 11.0. The van der Waals surface area contributed by atoms with Crippen LogP contribution in [0.2, 0.25) is 0 Å². The third-order valence-corrected chi connectivity index (χ3v) is 3.58. The summed E-state index contributed by atoms with van der Waals surface area (Å²) >= 11 is 0. The summed E-state index contributed by atoms with van der Waals surface area (Å²) in [5.41, 5.74) is 0.950. The van der Waals surface area contributed by atoms with Crippen LogP contribution in [-0.4, -0.2) is 32.5 Å². The molecule has 1 saturated heterocycles. The summed E-state index contributed by atoms with van der Waals surface area (Å²) in [5.74, 6) is 0.105. The molecule has 1 unspecified atom stereocenters. The SMILES string of the molecule is C=CCN1[C@@H](C)CC(C#N)C[C@H]1c1cn(C)nn1. The fraction of sp³-hybridized carbons (Fsp3) is 0.615. The van der Waals surface area contributed by atoms with E-state index in [1.807, 2.05) is 19.3 Å². The van der Waals surface area contributed by atoms with E-state index in [0.29, 0.717) is 6.04 Å². The van der Waals surface area contributed by atoms with Gasteiger partial charge >= 0.3 is 0 Å². The number of hydrogen-bond acceptors (Lipinski definition) is 4. The molecule has 2 rings (SSSR count). The molecule has 5 heteroatoms.